The van der Waals surface area contributed by atoms with Gasteiger partial charge in [-0.2, -0.15) is 0 Å². The summed E-state index contributed by atoms with van der Waals surface area (Å²) in [5.74, 6) is -0.416. The number of carbonyl (C=O) groups excluding carboxylic acids is 1. The number of aromatic nitrogens is 2. The molecule has 2 N–H and O–H groups in total. The standard InChI is InChI=1S/C15H18FN3O2/c1-4-12-18-13(15(20)21-5-2)14(17)19(12)11-8-9(3)6-7-10(11)16/h6-8H,4-5,17H2,1-3H3. The van der Waals surface area contributed by atoms with Gasteiger partial charge < -0.3 is 10.5 Å². The molecule has 1 aromatic carbocycles. The summed E-state index contributed by atoms with van der Waals surface area (Å²) in [6, 6.07) is 4.71. The topological polar surface area (TPSA) is 70.1 Å². The van der Waals surface area contributed by atoms with E-state index in [1.165, 1.54) is 10.6 Å². The predicted octanol–water partition coefficient (Wildman–Crippen LogP) is 2.64. The first-order valence-electron chi connectivity index (χ1n) is 6.80. The molecule has 0 bridgehead atoms. The maximum Gasteiger partial charge on any atom is 0.360 e. The Balaban J connectivity index is 2.63. The first kappa shape index (κ1) is 15.0. The quantitative estimate of drug-likeness (QED) is 0.879. The Labute approximate surface area is 122 Å². The lowest BCUT2D eigenvalue weighted by molar-refractivity contribution is 0.0521. The first-order chi connectivity index (χ1) is 9.99. The molecule has 1 aromatic heterocycles. The van der Waals surface area contributed by atoms with Crippen LogP contribution in [0.2, 0.25) is 0 Å². The number of benzene rings is 1. The Morgan fingerprint density at radius 3 is 2.76 bits per heavy atom. The molecule has 0 aliphatic rings. The smallest absolute Gasteiger partial charge is 0.360 e. The van der Waals surface area contributed by atoms with Gasteiger partial charge >= 0.3 is 5.97 Å². The molecule has 21 heavy (non-hydrogen) atoms. The summed E-state index contributed by atoms with van der Waals surface area (Å²) in [4.78, 5) is 16.0. The monoisotopic (exact) mass is 291 g/mol. The normalized spacial score (nSPS) is 10.7. The summed E-state index contributed by atoms with van der Waals surface area (Å²) >= 11 is 0. The van der Waals surface area contributed by atoms with Crippen LogP contribution in [0.4, 0.5) is 10.2 Å². The molecule has 112 valence electrons. The third kappa shape index (κ3) is 2.74. The number of aryl methyl sites for hydroxylation is 2. The van der Waals surface area contributed by atoms with Gasteiger partial charge in [0.05, 0.1) is 12.3 Å². The van der Waals surface area contributed by atoms with Crippen molar-refractivity contribution >= 4 is 11.8 Å². The fraction of sp³-hybridized carbons (Fsp3) is 0.333. The number of hydrogen-bond donors (Lipinski definition) is 1. The van der Waals surface area contributed by atoms with Crippen molar-refractivity contribution < 1.29 is 13.9 Å². The molecule has 0 saturated carbocycles. The van der Waals surface area contributed by atoms with Gasteiger partial charge in [-0.1, -0.05) is 13.0 Å². The number of imidazole rings is 1. The number of ether oxygens (including phenoxy) is 1. The Hall–Kier alpha value is -2.37. The number of anilines is 1. The van der Waals surface area contributed by atoms with Crippen molar-refractivity contribution in [3.63, 3.8) is 0 Å². The molecular weight excluding hydrogens is 273 g/mol. The van der Waals surface area contributed by atoms with Gasteiger partial charge in [-0.15, -0.1) is 0 Å². The molecule has 2 aromatic rings. The van der Waals surface area contributed by atoms with Crippen LogP contribution in [-0.2, 0) is 11.2 Å². The van der Waals surface area contributed by atoms with Crippen LogP contribution in [0, 0.1) is 12.7 Å². The van der Waals surface area contributed by atoms with Crippen molar-refractivity contribution in [3.8, 4) is 5.69 Å². The maximum atomic E-state index is 14.1. The van der Waals surface area contributed by atoms with Crippen LogP contribution in [0.1, 0.15) is 35.7 Å². The fourth-order valence-electron chi connectivity index (χ4n) is 2.13. The molecule has 0 amide bonds. The second kappa shape index (κ2) is 5.95. The minimum atomic E-state index is -0.600. The summed E-state index contributed by atoms with van der Waals surface area (Å²) in [6.45, 7) is 5.65. The van der Waals surface area contributed by atoms with E-state index in [-0.39, 0.29) is 23.8 Å². The van der Waals surface area contributed by atoms with Gasteiger partial charge in [-0.3, -0.25) is 4.57 Å². The highest BCUT2D eigenvalue weighted by Gasteiger charge is 2.23. The first-order valence-corrected chi connectivity index (χ1v) is 6.80. The third-order valence-electron chi connectivity index (χ3n) is 3.11. The highest BCUT2D eigenvalue weighted by Crippen LogP contribution is 2.25. The van der Waals surface area contributed by atoms with Gasteiger partial charge in [-0.05, 0) is 31.5 Å². The lowest BCUT2D eigenvalue weighted by atomic mass is 10.2. The van der Waals surface area contributed by atoms with E-state index in [4.69, 9.17) is 10.5 Å². The van der Waals surface area contributed by atoms with E-state index < -0.39 is 11.8 Å². The summed E-state index contributed by atoms with van der Waals surface area (Å²) in [6.07, 6.45) is 0.511. The summed E-state index contributed by atoms with van der Waals surface area (Å²) < 4.78 is 20.5. The van der Waals surface area contributed by atoms with Crippen molar-refractivity contribution in [2.24, 2.45) is 0 Å². The number of hydrogen-bond acceptors (Lipinski definition) is 4. The van der Waals surface area contributed by atoms with Gasteiger partial charge in [0.1, 0.15) is 17.5 Å². The summed E-state index contributed by atoms with van der Waals surface area (Å²) in [7, 11) is 0. The van der Waals surface area contributed by atoms with Crippen molar-refractivity contribution in [2.75, 3.05) is 12.3 Å². The van der Waals surface area contributed by atoms with E-state index in [9.17, 15) is 9.18 Å². The second-order valence-corrected chi connectivity index (χ2v) is 4.63. The van der Waals surface area contributed by atoms with Crippen LogP contribution in [0.5, 0.6) is 0 Å². The SMILES string of the molecule is CCOC(=O)c1nc(CC)n(-c2cc(C)ccc2F)c1N. The molecule has 0 saturated heterocycles. The Kier molecular flexibility index (Phi) is 4.26. The third-order valence-corrected chi connectivity index (χ3v) is 3.11. The Bertz CT molecular complexity index is 680. The molecule has 5 nitrogen and oxygen atoms in total. The zero-order chi connectivity index (χ0) is 15.6. The van der Waals surface area contributed by atoms with E-state index in [1.807, 2.05) is 13.8 Å². The van der Waals surface area contributed by atoms with E-state index in [0.717, 1.165) is 5.56 Å². The number of halogens is 1. The molecule has 0 spiro atoms. The van der Waals surface area contributed by atoms with Crippen LogP contribution in [0.25, 0.3) is 5.69 Å². The van der Waals surface area contributed by atoms with E-state index in [2.05, 4.69) is 4.98 Å². The summed E-state index contributed by atoms with van der Waals surface area (Å²) in [5.41, 5.74) is 7.19. The Morgan fingerprint density at radius 2 is 2.14 bits per heavy atom. The van der Waals surface area contributed by atoms with Crippen LogP contribution >= 0.6 is 0 Å². The predicted molar refractivity (Wildman–Crippen MR) is 78.0 cm³/mol. The Morgan fingerprint density at radius 1 is 1.43 bits per heavy atom. The van der Waals surface area contributed by atoms with E-state index in [0.29, 0.717) is 12.2 Å². The number of carbonyl (C=O) groups is 1. The van der Waals surface area contributed by atoms with E-state index >= 15 is 0 Å². The average molecular weight is 291 g/mol. The molecule has 0 aliphatic heterocycles. The molecule has 1 heterocycles. The summed E-state index contributed by atoms with van der Waals surface area (Å²) in [5, 5.41) is 0. The van der Waals surface area contributed by atoms with Gasteiger partial charge in [0, 0.05) is 6.42 Å². The molecule has 2 rings (SSSR count). The molecule has 0 aliphatic carbocycles. The highest BCUT2D eigenvalue weighted by molar-refractivity contribution is 5.92. The minimum Gasteiger partial charge on any atom is -0.461 e. The minimum absolute atomic E-state index is 0.0228. The second-order valence-electron chi connectivity index (χ2n) is 4.63. The number of esters is 1. The number of rotatable bonds is 4. The van der Waals surface area contributed by atoms with Crippen molar-refractivity contribution in [1.29, 1.82) is 0 Å². The van der Waals surface area contributed by atoms with Crippen molar-refractivity contribution in [3.05, 3.63) is 41.1 Å². The molecular formula is C15H18FN3O2. The van der Waals surface area contributed by atoms with Crippen LogP contribution in [0.3, 0.4) is 0 Å². The van der Waals surface area contributed by atoms with Crippen LogP contribution in [-0.4, -0.2) is 22.1 Å². The zero-order valence-electron chi connectivity index (χ0n) is 12.3. The van der Waals surface area contributed by atoms with Gasteiger partial charge in [0.25, 0.3) is 0 Å². The fourth-order valence-corrected chi connectivity index (χ4v) is 2.13. The van der Waals surface area contributed by atoms with Gasteiger partial charge in [-0.25, -0.2) is 14.2 Å². The van der Waals surface area contributed by atoms with Crippen molar-refractivity contribution in [2.45, 2.75) is 27.2 Å². The van der Waals surface area contributed by atoms with Gasteiger partial charge in [0.15, 0.2) is 5.69 Å². The number of nitrogens with zero attached hydrogens (tertiary/aromatic N) is 2. The van der Waals surface area contributed by atoms with Crippen LogP contribution in [0.15, 0.2) is 18.2 Å². The molecule has 6 heteroatoms. The lowest BCUT2D eigenvalue weighted by Crippen LogP contribution is -2.10. The number of nitrogens with two attached hydrogens (primary N) is 1. The largest absolute Gasteiger partial charge is 0.461 e. The van der Waals surface area contributed by atoms with Gasteiger partial charge in [0.2, 0.25) is 0 Å². The van der Waals surface area contributed by atoms with Crippen molar-refractivity contribution in [1.82, 2.24) is 9.55 Å². The molecule has 0 radical (unpaired) electrons. The molecule has 0 fully saturated rings. The lowest BCUT2D eigenvalue weighted by Gasteiger charge is -2.11. The van der Waals surface area contributed by atoms with Crippen LogP contribution < -0.4 is 5.73 Å². The molecule has 0 atom stereocenters. The highest BCUT2D eigenvalue weighted by atomic mass is 19.1. The number of nitrogen functional groups attached to an aromatic ring is 1. The van der Waals surface area contributed by atoms with E-state index in [1.54, 1.807) is 19.1 Å². The zero-order valence-corrected chi connectivity index (χ0v) is 12.3. The maximum absolute atomic E-state index is 14.1. The average Bonchev–Trinajstić information content (AvgIpc) is 2.78. The molecule has 0 unspecified atom stereocenters.